The van der Waals surface area contributed by atoms with Gasteiger partial charge < -0.3 is 92.3 Å². The molecule has 6 aliphatic rings. The summed E-state index contributed by atoms with van der Waals surface area (Å²) in [6.07, 6.45) is 5.38. The molecular formula is C97H115ClN12O20S2. The average Bonchev–Trinajstić information content (AvgIpc) is 1.04. The maximum atomic E-state index is 14.3. The normalized spacial score (nSPS) is 13.8. The predicted molar refractivity (Wildman–Crippen MR) is 500 cm³/mol. The van der Waals surface area contributed by atoms with Crippen LogP contribution in [0.1, 0.15) is 128 Å². The summed E-state index contributed by atoms with van der Waals surface area (Å²) in [5, 5.41) is 32.8. The van der Waals surface area contributed by atoms with Gasteiger partial charge in [0.1, 0.15) is 36.8 Å². The fourth-order valence-electron chi connectivity index (χ4n) is 15.4. The molecule has 35 heteroatoms. The van der Waals surface area contributed by atoms with E-state index >= 15 is 0 Å². The van der Waals surface area contributed by atoms with E-state index in [1.54, 1.807) is 33.8 Å². The van der Waals surface area contributed by atoms with Gasteiger partial charge in [0.25, 0.3) is 17.7 Å². The lowest BCUT2D eigenvalue weighted by molar-refractivity contribution is -0.255. The zero-order chi connectivity index (χ0) is 92.5. The molecule has 5 amide bonds. The second kappa shape index (κ2) is 47.6. The van der Waals surface area contributed by atoms with Crippen LogP contribution in [0.5, 0.6) is 0 Å². The number of aromatic carboxylic acids is 1. The summed E-state index contributed by atoms with van der Waals surface area (Å²) >= 11 is 8.01. The van der Waals surface area contributed by atoms with Crippen LogP contribution in [0.15, 0.2) is 150 Å². The Bertz CT molecular complexity index is 5800. The van der Waals surface area contributed by atoms with Gasteiger partial charge in [-0.15, -0.1) is 16.4 Å². The maximum absolute atomic E-state index is 14.3. The highest BCUT2D eigenvalue weighted by Gasteiger charge is 2.41. The van der Waals surface area contributed by atoms with Gasteiger partial charge in [0.05, 0.1) is 180 Å². The number of carbonyl (C=O) groups excluding carboxylic acids is 6. The van der Waals surface area contributed by atoms with Gasteiger partial charge in [-0.2, -0.15) is 0 Å². The number of carbonyl (C=O) groups is 6. The summed E-state index contributed by atoms with van der Waals surface area (Å²) in [5.74, 6) is -1.85. The van der Waals surface area contributed by atoms with Crippen molar-refractivity contribution >= 4 is 95.9 Å². The number of nitrogens with one attached hydrogen (secondary N) is 4. The minimum atomic E-state index is -3.73. The van der Waals surface area contributed by atoms with Gasteiger partial charge >= 0.3 is 0 Å². The number of aromatic nitrogens is 4. The van der Waals surface area contributed by atoms with Crippen molar-refractivity contribution in [2.24, 2.45) is 5.92 Å². The Kier molecular flexibility index (Phi) is 35.0. The highest BCUT2D eigenvalue weighted by atomic mass is 35.5. The number of para-hydroxylation sites is 1. The van der Waals surface area contributed by atoms with E-state index in [2.05, 4.69) is 42.8 Å². The van der Waals surface area contributed by atoms with Gasteiger partial charge in [-0.3, -0.25) is 24.0 Å². The smallest absolute Gasteiger partial charge is 0.284 e. The Hall–Kier alpha value is -11.0. The van der Waals surface area contributed by atoms with Crippen molar-refractivity contribution in [1.82, 2.24) is 45.2 Å². The van der Waals surface area contributed by atoms with E-state index in [0.29, 0.717) is 190 Å². The molecular weight excluding hydrogens is 1750 g/mol. The van der Waals surface area contributed by atoms with Crippen molar-refractivity contribution in [3.8, 4) is 56.1 Å². The lowest BCUT2D eigenvalue weighted by atomic mass is 9.89. The van der Waals surface area contributed by atoms with Crippen LogP contribution >= 0.6 is 22.9 Å². The lowest BCUT2D eigenvalue weighted by Crippen LogP contribution is -2.35. The van der Waals surface area contributed by atoms with Gasteiger partial charge in [0.15, 0.2) is 5.13 Å². The Balaban J connectivity index is 0.417. The lowest BCUT2D eigenvalue weighted by Gasteiger charge is -2.29. The summed E-state index contributed by atoms with van der Waals surface area (Å²) < 4.78 is 95.2. The van der Waals surface area contributed by atoms with E-state index in [4.69, 9.17) is 68.4 Å². The SMILES string of the molecule is C[C@H](c1ccc(-c2cc(Cl)ccc2C(=O)NCCOCCOCCOCCOCCOCCOCCn2nnc3c2-c2ccccc2N(C(=O)CCNC(=O)CCOCCOCCOCCOCCNC(=O)c2ccc(C(=O)[O-])c(-c4c5ccc(=[N+](C)C)cc-5oc5cc(N(C)C)ccc45)c2)Cc2ccccc2-3)cc1)N(CC1CC1)c1nc(C(=O)NS(=O)(=O)C2CC2)c(C2CC2)s1. The molecule has 14 rings (SSSR count). The largest absolute Gasteiger partial charge is 0.545 e. The maximum Gasteiger partial charge on any atom is 0.284 e. The monoisotopic (exact) mass is 1870 g/mol. The number of fused-ring (bicyclic) bond motifs is 7. The van der Waals surface area contributed by atoms with Gasteiger partial charge in [0.2, 0.25) is 27.2 Å². The number of hydrogen-bond donors (Lipinski definition) is 4. The van der Waals surface area contributed by atoms with E-state index in [0.717, 1.165) is 81.7 Å². The number of amides is 5. The highest BCUT2D eigenvalue weighted by Crippen LogP contribution is 2.49. The standard InChI is InChI=1S/C97H115ClN12O20S2/c1-64(108(62-65-14-15-65)97-102-90(92(131-97)68-20-21-68)95(115)104-132(118,119)74-26-27-74)66-16-18-67(19-17-66)81-59-71(98)23-29-76(81)94(114)101-36-40-122-44-48-126-52-54-128-56-57-129-55-53-127-49-45-123-41-37-110-91-78-12-8-9-13-83(78)109(63-70-10-6-7-11-75(70)89(91)103-105-110)87(112)32-34-99-86(111)33-38-120-42-46-124-50-51-125-47-43-121-39-35-100-93(113)69-22-28-77(96(116)117)82(58-69)88-79-30-24-72(106(2)3)60-84(79)130-85-61-73(107(4)5)25-31-80(85)88/h6-13,16-19,22-25,28-31,58-61,64-65,68,74H,14-15,20-21,26-27,32-57,62-63H2,1-5H3,(H4-,99,100,101,104,111,113,114,115,116,117)/t64-/m1/s1. The summed E-state index contributed by atoms with van der Waals surface area (Å²) in [6.45, 7) is 10.5. The quantitative estimate of drug-likeness (QED) is 0.0156. The summed E-state index contributed by atoms with van der Waals surface area (Å²) in [4.78, 5) is 92.0. The molecule has 0 spiro atoms. The van der Waals surface area contributed by atoms with Crippen molar-refractivity contribution in [2.45, 2.75) is 88.6 Å². The molecule has 1 atom stereocenters. The molecule has 3 fully saturated rings. The Morgan fingerprint density at radius 3 is 1.82 bits per heavy atom. The third-order valence-corrected chi connectivity index (χ3v) is 26.3. The molecule has 3 saturated carbocycles. The number of sulfonamides is 1. The third-order valence-electron chi connectivity index (χ3n) is 23.0. The number of ether oxygens (including phenoxy) is 10. The van der Waals surface area contributed by atoms with Crippen molar-refractivity contribution in [3.05, 3.63) is 194 Å². The van der Waals surface area contributed by atoms with E-state index in [-0.39, 0.29) is 119 Å². The fraction of sp³-hybridized carbons (Fsp3) is 0.443. The summed E-state index contributed by atoms with van der Waals surface area (Å²) in [5.41, 5.74) is 11.1. The molecule has 4 aliphatic carbocycles. The van der Waals surface area contributed by atoms with E-state index in [1.165, 1.54) is 23.5 Å². The first kappa shape index (κ1) is 97.1. The number of rotatable bonds is 54. The molecule has 0 radical (unpaired) electrons. The van der Waals surface area contributed by atoms with E-state index in [1.807, 2.05) is 147 Å². The number of hydrogen-bond acceptors (Lipinski definition) is 26. The number of anilines is 3. The van der Waals surface area contributed by atoms with Crippen LogP contribution in [-0.2, 0) is 80.1 Å². The topological polar surface area (TPSA) is 370 Å². The first-order chi connectivity index (χ1) is 64.2. The zero-order valence-corrected chi connectivity index (χ0v) is 77.5. The Morgan fingerprint density at radius 1 is 0.591 bits per heavy atom. The summed E-state index contributed by atoms with van der Waals surface area (Å²) in [7, 11) is 3.97. The molecule has 0 saturated heterocycles. The van der Waals surface area contributed by atoms with Crippen LogP contribution in [0.25, 0.3) is 67.1 Å². The van der Waals surface area contributed by atoms with Gasteiger partial charge in [-0.25, -0.2) is 27.4 Å². The van der Waals surface area contributed by atoms with Crippen LogP contribution in [0.2, 0.25) is 5.02 Å². The minimum Gasteiger partial charge on any atom is -0.545 e. The number of halogens is 1. The number of thiazole rings is 1. The third kappa shape index (κ3) is 26.5. The van der Waals surface area contributed by atoms with Crippen molar-refractivity contribution in [3.63, 3.8) is 0 Å². The molecule has 132 heavy (non-hydrogen) atoms. The first-order valence-electron chi connectivity index (χ1n) is 45.0. The molecule has 4 heterocycles. The molecule has 2 aromatic heterocycles. The van der Waals surface area contributed by atoms with Crippen molar-refractivity contribution < 1.29 is 94.1 Å². The Morgan fingerprint density at radius 2 is 1.20 bits per heavy atom. The number of carboxylic acids is 1. The minimum absolute atomic E-state index is 0.0503. The zero-order valence-electron chi connectivity index (χ0n) is 75.1. The molecule has 32 nitrogen and oxygen atoms in total. The second-order valence-electron chi connectivity index (χ2n) is 33.1. The second-order valence-corrected chi connectivity index (χ2v) is 36.5. The van der Waals surface area contributed by atoms with Gasteiger partial charge in [-0.1, -0.05) is 89.6 Å². The first-order valence-corrected chi connectivity index (χ1v) is 47.7. The van der Waals surface area contributed by atoms with Crippen molar-refractivity contribution in [2.75, 3.05) is 201 Å². The van der Waals surface area contributed by atoms with Gasteiger partial charge in [0, 0.05) is 125 Å². The predicted octanol–water partition coefficient (Wildman–Crippen LogP) is 10.2. The highest BCUT2D eigenvalue weighted by molar-refractivity contribution is 7.91. The number of nitrogens with zero attached hydrogens (tertiary/aromatic N) is 8. The molecule has 8 aromatic rings. The molecule has 0 bridgehead atoms. The molecule has 2 aliphatic heterocycles. The molecule has 4 N–H and O–H groups in total. The van der Waals surface area contributed by atoms with Crippen molar-refractivity contribution in [1.29, 1.82) is 0 Å². The van der Waals surface area contributed by atoms with Crippen LogP contribution in [0, 0.1) is 5.92 Å². The fourth-order valence-corrected chi connectivity index (χ4v) is 18.2. The van der Waals surface area contributed by atoms with E-state index < -0.39 is 33.1 Å². The number of carboxylic acid groups (broad SMARTS) is 1. The summed E-state index contributed by atoms with van der Waals surface area (Å²) in [6, 6.07) is 44.5. The van der Waals surface area contributed by atoms with Crippen LogP contribution < -0.4 is 50.4 Å². The molecule has 702 valence electrons. The Labute approximate surface area is 776 Å². The van der Waals surface area contributed by atoms with Crippen LogP contribution in [-0.4, -0.2) is 256 Å². The average molecular weight is 1870 g/mol. The molecule has 6 aromatic carbocycles. The van der Waals surface area contributed by atoms with E-state index in [9.17, 15) is 42.3 Å². The van der Waals surface area contributed by atoms with Gasteiger partial charge in [-0.05, 0) is 140 Å². The van der Waals surface area contributed by atoms with Crippen LogP contribution in [0.3, 0.4) is 0 Å². The van der Waals surface area contributed by atoms with Crippen LogP contribution in [0.4, 0.5) is 16.5 Å². The molecule has 0 unspecified atom stereocenters. The number of benzene rings is 7.